The fraction of sp³-hybridized carbons (Fsp3) is 0.917. The highest BCUT2D eigenvalue weighted by Crippen LogP contribution is 2.35. The number of ketones is 1. The molecule has 0 N–H and O–H groups in total. The summed E-state index contributed by atoms with van der Waals surface area (Å²) in [5.41, 5.74) is -0.195. The predicted molar refractivity (Wildman–Crippen MR) is 57.2 cm³/mol. The van der Waals surface area contributed by atoms with Gasteiger partial charge in [-0.3, -0.25) is 9.69 Å². The summed E-state index contributed by atoms with van der Waals surface area (Å²) in [6.45, 7) is 6.43. The van der Waals surface area contributed by atoms with Gasteiger partial charge in [-0.2, -0.15) is 0 Å². The second-order valence-corrected chi connectivity index (χ2v) is 5.32. The Morgan fingerprint density at radius 3 is 2.36 bits per heavy atom. The zero-order valence-electron chi connectivity index (χ0n) is 9.38. The van der Waals surface area contributed by atoms with Gasteiger partial charge in [-0.15, -0.1) is 0 Å². The summed E-state index contributed by atoms with van der Waals surface area (Å²) in [6.07, 6.45) is 5.91. The van der Waals surface area contributed by atoms with Crippen molar-refractivity contribution in [2.75, 3.05) is 13.1 Å². The van der Waals surface area contributed by atoms with Gasteiger partial charge < -0.3 is 0 Å². The Morgan fingerprint density at radius 1 is 1.29 bits per heavy atom. The quantitative estimate of drug-likeness (QED) is 0.685. The summed E-state index contributed by atoms with van der Waals surface area (Å²) in [5.74, 6) is 1.19. The van der Waals surface area contributed by atoms with Gasteiger partial charge in [-0.25, -0.2) is 0 Å². The average Bonchev–Trinajstić information content (AvgIpc) is 2.79. The van der Waals surface area contributed by atoms with Crippen molar-refractivity contribution in [1.82, 2.24) is 4.90 Å². The molecule has 2 nitrogen and oxygen atoms in total. The van der Waals surface area contributed by atoms with Gasteiger partial charge in [0.1, 0.15) is 0 Å². The number of hydrogen-bond acceptors (Lipinski definition) is 2. The minimum atomic E-state index is -0.195. The van der Waals surface area contributed by atoms with Crippen LogP contribution in [0.4, 0.5) is 0 Å². The topological polar surface area (TPSA) is 20.3 Å². The fourth-order valence-corrected chi connectivity index (χ4v) is 2.29. The molecule has 0 radical (unpaired) electrons. The molecule has 2 fully saturated rings. The standard InChI is InChI=1S/C12H21NO/c1-12(2,13-7-3-4-8-13)11(14)9-10-5-6-10/h10H,3-9H2,1-2H3. The molecule has 1 aliphatic carbocycles. The van der Waals surface area contributed by atoms with Crippen molar-refractivity contribution in [3.63, 3.8) is 0 Å². The molecule has 1 aliphatic heterocycles. The van der Waals surface area contributed by atoms with Crippen LogP contribution in [-0.4, -0.2) is 29.3 Å². The first-order chi connectivity index (χ1) is 6.60. The monoisotopic (exact) mass is 195 g/mol. The lowest BCUT2D eigenvalue weighted by Crippen LogP contribution is -2.48. The second kappa shape index (κ2) is 3.65. The molecule has 0 aromatic rings. The number of hydrogen-bond donors (Lipinski definition) is 0. The summed E-state index contributed by atoms with van der Waals surface area (Å²) in [4.78, 5) is 14.4. The third-order valence-corrected chi connectivity index (χ3v) is 3.75. The third kappa shape index (κ3) is 2.00. The van der Waals surface area contributed by atoms with E-state index < -0.39 is 0 Å². The Kier molecular flexibility index (Phi) is 2.65. The van der Waals surface area contributed by atoms with Gasteiger partial charge in [0.15, 0.2) is 5.78 Å². The van der Waals surface area contributed by atoms with E-state index in [0.29, 0.717) is 5.78 Å². The molecule has 1 heterocycles. The summed E-state index contributed by atoms with van der Waals surface area (Å²) in [7, 11) is 0. The number of rotatable bonds is 4. The molecule has 80 valence electrons. The molecule has 0 amide bonds. The van der Waals surface area contributed by atoms with Crippen LogP contribution in [0.2, 0.25) is 0 Å². The summed E-state index contributed by atoms with van der Waals surface area (Å²) < 4.78 is 0. The third-order valence-electron chi connectivity index (χ3n) is 3.75. The van der Waals surface area contributed by atoms with E-state index in [1.54, 1.807) is 0 Å². The normalized spacial score (nSPS) is 24.1. The minimum absolute atomic E-state index is 0.195. The van der Waals surface area contributed by atoms with Gasteiger partial charge in [0, 0.05) is 6.42 Å². The maximum atomic E-state index is 12.1. The van der Waals surface area contributed by atoms with Crippen LogP contribution in [0.1, 0.15) is 46.0 Å². The highest BCUT2D eigenvalue weighted by molar-refractivity contribution is 5.88. The first-order valence-corrected chi connectivity index (χ1v) is 5.89. The lowest BCUT2D eigenvalue weighted by atomic mass is 9.93. The lowest BCUT2D eigenvalue weighted by Gasteiger charge is -2.34. The number of carbonyl (C=O) groups excluding carboxylic acids is 1. The molecule has 0 aromatic heterocycles. The van der Waals surface area contributed by atoms with E-state index in [1.807, 2.05) is 0 Å². The van der Waals surface area contributed by atoms with Crippen molar-refractivity contribution in [2.45, 2.75) is 51.5 Å². The van der Waals surface area contributed by atoms with Crippen LogP contribution in [0.15, 0.2) is 0 Å². The average molecular weight is 195 g/mol. The van der Waals surface area contributed by atoms with Crippen molar-refractivity contribution in [3.8, 4) is 0 Å². The van der Waals surface area contributed by atoms with Crippen LogP contribution >= 0.6 is 0 Å². The van der Waals surface area contributed by atoms with Gasteiger partial charge in [-0.05, 0) is 58.5 Å². The van der Waals surface area contributed by atoms with Crippen molar-refractivity contribution in [3.05, 3.63) is 0 Å². The molecule has 0 spiro atoms. The zero-order valence-corrected chi connectivity index (χ0v) is 9.38. The highest BCUT2D eigenvalue weighted by atomic mass is 16.1. The number of carbonyl (C=O) groups is 1. The van der Waals surface area contributed by atoms with Crippen molar-refractivity contribution >= 4 is 5.78 Å². The molecule has 0 atom stereocenters. The van der Waals surface area contributed by atoms with E-state index in [9.17, 15) is 4.79 Å². The van der Waals surface area contributed by atoms with Crippen LogP contribution < -0.4 is 0 Å². The SMILES string of the molecule is CC(C)(C(=O)CC1CC1)N1CCCC1. The maximum absolute atomic E-state index is 12.1. The minimum Gasteiger partial charge on any atom is -0.298 e. The summed E-state index contributed by atoms with van der Waals surface area (Å²) in [5, 5.41) is 0. The molecule has 2 rings (SSSR count). The Morgan fingerprint density at radius 2 is 1.86 bits per heavy atom. The van der Waals surface area contributed by atoms with E-state index in [0.717, 1.165) is 25.4 Å². The molecular formula is C12H21NO. The van der Waals surface area contributed by atoms with Crippen LogP contribution in [0.3, 0.4) is 0 Å². The van der Waals surface area contributed by atoms with Crippen molar-refractivity contribution < 1.29 is 4.79 Å². The van der Waals surface area contributed by atoms with Gasteiger partial charge in [0.25, 0.3) is 0 Å². The van der Waals surface area contributed by atoms with Crippen LogP contribution in [0.5, 0.6) is 0 Å². The first-order valence-electron chi connectivity index (χ1n) is 5.89. The Bertz CT molecular complexity index is 224. The van der Waals surface area contributed by atoms with Crippen LogP contribution in [-0.2, 0) is 4.79 Å². The van der Waals surface area contributed by atoms with Gasteiger partial charge in [0.2, 0.25) is 0 Å². The molecule has 1 saturated heterocycles. The molecule has 0 bridgehead atoms. The Labute approximate surface area is 86.7 Å². The molecule has 2 heteroatoms. The fourth-order valence-electron chi connectivity index (χ4n) is 2.29. The predicted octanol–water partition coefficient (Wildman–Crippen LogP) is 2.23. The largest absolute Gasteiger partial charge is 0.298 e. The van der Waals surface area contributed by atoms with E-state index in [4.69, 9.17) is 0 Å². The second-order valence-electron chi connectivity index (χ2n) is 5.32. The summed E-state index contributed by atoms with van der Waals surface area (Å²) in [6, 6.07) is 0. The van der Waals surface area contributed by atoms with Gasteiger partial charge in [0.05, 0.1) is 5.54 Å². The number of nitrogens with zero attached hydrogens (tertiary/aromatic N) is 1. The molecule has 0 unspecified atom stereocenters. The first kappa shape index (κ1) is 10.2. The molecule has 0 aromatic carbocycles. The van der Waals surface area contributed by atoms with Crippen molar-refractivity contribution in [1.29, 1.82) is 0 Å². The lowest BCUT2D eigenvalue weighted by molar-refractivity contribution is -0.129. The zero-order chi connectivity index (χ0) is 10.2. The van der Waals surface area contributed by atoms with Crippen molar-refractivity contribution in [2.24, 2.45) is 5.92 Å². The molecule has 14 heavy (non-hydrogen) atoms. The number of Topliss-reactive ketones (excluding diaryl/α,β-unsaturated/α-hetero) is 1. The van der Waals surface area contributed by atoms with Crippen LogP contribution in [0, 0.1) is 5.92 Å². The Balaban J connectivity index is 1.93. The molecular weight excluding hydrogens is 174 g/mol. The molecule has 2 aliphatic rings. The van der Waals surface area contributed by atoms with E-state index in [1.165, 1.54) is 25.7 Å². The Hall–Kier alpha value is -0.370. The number of likely N-dealkylation sites (tertiary alicyclic amines) is 1. The van der Waals surface area contributed by atoms with E-state index >= 15 is 0 Å². The van der Waals surface area contributed by atoms with E-state index in [2.05, 4.69) is 18.7 Å². The molecule has 1 saturated carbocycles. The maximum Gasteiger partial charge on any atom is 0.152 e. The smallest absolute Gasteiger partial charge is 0.152 e. The highest BCUT2D eigenvalue weighted by Gasteiger charge is 2.38. The van der Waals surface area contributed by atoms with Crippen LogP contribution in [0.25, 0.3) is 0 Å². The van der Waals surface area contributed by atoms with Gasteiger partial charge in [-0.1, -0.05) is 0 Å². The summed E-state index contributed by atoms with van der Waals surface area (Å²) >= 11 is 0. The van der Waals surface area contributed by atoms with Gasteiger partial charge >= 0.3 is 0 Å². The van der Waals surface area contributed by atoms with E-state index in [-0.39, 0.29) is 5.54 Å².